The average molecular weight is 273 g/mol. The number of carbonyl (C=O) groups is 1. The lowest BCUT2D eigenvalue weighted by Gasteiger charge is -2.36. The summed E-state index contributed by atoms with van der Waals surface area (Å²) >= 11 is 0. The fourth-order valence-electron chi connectivity index (χ4n) is 3.04. The molecule has 0 aromatic heterocycles. The number of benzene rings is 1. The molecule has 0 radical (unpaired) electrons. The van der Waals surface area contributed by atoms with E-state index in [0.29, 0.717) is 11.8 Å². The molecule has 2 heteroatoms. The predicted octanol–water partition coefficient (Wildman–Crippen LogP) is 4.39. The summed E-state index contributed by atoms with van der Waals surface area (Å²) in [5.74, 6) is 0.927. The molecule has 0 bridgehead atoms. The van der Waals surface area contributed by atoms with Crippen LogP contribution in [0.4, 0.5) is 0 Å². The summed E-state index contributed by atoms with van der Waals surface area (Å²) < 4.78 is 0. The molecule has 0 heterocycles. The monoisotopic (exact) mass is 273 g/mol. The molecule has 0 saturated heterocycles. The molecule has 1 fully saturated rings. The quantitative estimate of drug-likeness (QED) is 0.796. The van der Waals surface area contributed by atoms with Crippen LogP contribution in [0.15, 0.2) is 30.3 Å². The maximum absolute atomic E-state index is 12.7. The fraction of sp³-hybridized carbons (Fsp3) is 0.611. The van der Waals surface area contributed by atoms with Gasteiger partial charge in [-0.1, -0.05) is 43.2 Å². The van der Waals surface area contributed by atoms with E-state index in [1.165, 1.54) is 31.2 Å². The van der Waals surface area contributed by atoms with Gasteiger partial charge in [0.25, 0.3) is 0 Å². The van der Waals surface area contributed by atoms with E-state index in [1.807, 2.05) is 23.1 Å². The van der Waals surface area contributed by atoms with Crippen molar-refractivity contribution in [3.05, 3.63) is 35.9 Å². The second kappa shape index (κ2) is 6.43. The molecular weight excluding hydrogens is 246 g/mol. The third-order valence-corrected chi connectivity index (χ3v) is 4.23. The first-order valence-corrected chi connectivity index (χ1v) is 7.81. The van der Waals surface area contributed by atoms with Crippen molar-refractivity contribution in [1.29, 1.82) is 0 Å². The first-order chi connectivity index (χ1) is 9.47. The zero-order chi connectivity index (χ0) is 14.6. The summed E-state index contributed by atoms with van der Waals surface area (Å²) in [6, 6.07) is 10.3. The van der Waals surface area contributed by atoms with Crippen LogP contribution in [-0.2, 0) is 11.3 Å². The number of amides is 1. The van der Waals surface area contributed by atoms with E-state index in [4.69, 9.17) is 0 Å². The Bertz CT molecular complexity index is 426. The molecule has 0 N–H and O–H groups in total. The summed E-state index contributed by atoms with van der Waals surface area (Å²) in [6.45, 7) is 7.10. The predicted molar refractivity (Wildman–Crippen MR) is 83.3 cm³/mol. The van der Waals surface area contributed by atoms with Crippen LogP contribution in [0.2, 0.25) is 0 Å². The van der Waals surface area contributed by atoms with Gasteiger partial charge >= 0.3 is 0 Å². The van der Waals surface area contributed by atoms with Crippen LogP contribution < -0.4 is 0 Å². The average Bonchev–Trinajstić information content (AvgIpc) is 2.88. The highest BCUT2D eigenvalue weighted by Crippen LogP contribution is 2.29. The lowest BCUT2D eigenvalue weighted by atomic mass is 9.99. The number of nitrogens with zero attached hydrogens (tertiary/aromatic N) is 1. The van der Waals surface area contributed by atoms with Gasteiger partial charge in [0.2, 0.25) is 5.91 Å². The molecule has 110 valence electrons. The lowest BCUT2D eigenvalue weighted by Crippen LogP contribution is -2.45. The molecule has 20 heavy (non-hydrogen) atoms. The molecule has 1 aromatic rings. The summed E-state index contributed by atoms with van der Waals surface area (Å²) in [4.78, 5) is 14.7. The highest BCUT2D eigenvalue weighted by atomic mass is 16.2. The van der Waals surface area contributed by atoms with Crippen LogP contribution in [0, 0.1) is 5.92 Å². The van der Waals surface area contributed by atoms with Gasteiger partial charge in [0.05, 0.1) is 0 Å². The molecular formula is C18H27NO. The van der Waals surface area contributed by atoms with Gasteiger partial charge in [0, 0.05) is 18.5 Å². The number of hydrogen-bond acceptors (Lipinski definition) is 1. The Morgan fingerprint density at radius 1 is 1.15 bits per heavy atom. The van der Waals surface area contributed by atoms with Gasteiger partial charge in [0.1, 0.15) is 0 Å². The normalized spacial score (nSPS) is 16.4. The molecule has 0 spiro atoms. The Kier molecular flexibility index (Phi) is 4.85. The van der Waals surface area contributed by atoms with Crippen LogP contribution in [0.5, 0.6) is 0 Å². The highest BCUT2D eigenvalue weighted by molar-refractivity contribution is 5.77. The molecule has 1 saturated carbocycles. The van der Waals surface area contributed by atoms with Gasteiger partial charge in [-0.3, -0.25) is 4.79 Å². The van der Waals surface area contributed by atoms with E-state index in [1.54, 1.807) is 0 Å². The van der Waals surface area contributed by atoms with E-state index in [2.05, 4.69) is 32.9 Å². The van der Waals surface area contributed by atoms with Crippen molar-refractivity contribution in [3.8, 4) is 0 Å². The summed E-state index contributed by atoms with van der Waals surface area (Å²) in [7, 11) is 0. The first kappa shape index (κ1) is 15.1. The van der Waals surface area contributed by atoms with Crippen LogP contribution in [0.25, 0.3) is 0 Å². The van der Waals surface area contributed by atoms with Crippen molar-refractivity contribution < 1.29 is 4.79 Å². The zero-order valence-electron chi connectivity index (χ0n) is 13.1. The maximum Gasteiger partial charge on any atom is 0.223 e. The third kappa shape index (κ3) is 4.09. The molecule has 1 aromatic carbocycles. The molecule has 1 amide bonds. The number of hydrogen-bond donors (Lipinski definition) is 0. The van der Waals surface area contributed by atoms with Crippen molar-refractivity contribution in [1.82, 2.24) is 4.90 Å². The Hall–Kier alpha value is -1.31. The summed E-state index contributed by atoms with van der Waals surface area (Å²) in [5.41, 5.74) is 1.09. The van der Waals surface area contributed by atoms with Crippen molar-refractivity contribution in [2.45, 2.75) is 65.0 Å². The van der Waals surface area contributed by atoms with Crippen LogP contribution in [-0.4, -0.2) is 16.3 Å². The smallest absolute Gasteiger partial charge is 0.223 e. The van der Waals surface area contributed by atoms with E-state index >= 15 is 0 Å². The Morgan fingerprint density at radius 2 is 1.75 bits per heavy atom. The SMILES string of the molecule is CC(C)(C)N(Cc1ccccc1)C(=O)CC1CCCC1. The van der Waals surface area contributed by atoms with Crippen molar-refractivity contribution >= 4 is 5.91 Å². The van der Waals surface area contributed by atoms with E-state index < -0.39 is 0 Å². The zero-order valence-corrected chi connectivity index (χ0v) is 13.1. The van der Waals surface area contributed by atoms with Gasteiger partial charge < -0.3 is 4.90 Å². The fourth-order valence-corrected chi connectivity index (χ4v) is 3.04. The highest BCUT2D eigenvalue weighted by Gasteiger charge is 2.29. The van der Waals surface area contributed by atoms with Crippen LogP contribution >= 0.6 is 0 Å². The third-order valence-electron chi connectivity index (χ3n) is 4.23. The summed E-state index contributed by atoms with van der Waals surface area (Å²) in [5, 5.41) is 0. The van der Waals surface area contributed by atoms with Crippen molar-refractivity contribution in [3.63, 3.8) is 0 Å². The standard InChI is InChI=1S/C18H27NO/c1-18(2,3)19(14-16-11-5-4-6-12-16)17(20)13-15-9-7-8-10-15/h4-6,11-12,15H,7-10,13-14H2,1-3H3. The molecule has 1 aliphatic rings. The maximum atomic E-state index is 12.7. The molecule has 2 nitrogen and oxygen atoms in total. The Balaban J connectivity index is 2.05. The van der Waals surface area contributed by atoms with E-state index in [-0.39, 0.29) is 5.54 Å². The van der Waals surface area contributed by atoms with E-state index in [9.17, 15) is 4.79 Å². The Labute approximate surface area is 123 Å². The van der Waals surface area contributed by atoms with Gasteiger partial charge in [0.15, 0.2) is 0 Å². The van der Waals surface area contributed by atoms with Crippen LogP contribution in [0.3, 0.4) is 0 Å². The number of carbonyl (C=O) groups excluding carboxylic acids is 1. The largest absolute Gasteiger partial charge is 0.334 e. The van der Waals surface area contributed by atoms with Gasteiger partial charge in [-0.2, -0.15) is 0 Å². The molecule has 0 atom stereocenters. The number of rotatable bonds is 4. The topological polar surface area (TPSA) is 20.3 Å². The molecule has 0 aliphatic heterocycles. The minimum absolute atomic E-state index is 0.120. The van der Waals surface area contributed by atoms with Crippen molar-refractivity contribution in [2.24, 2.45) is 5.92 Å². The second-order valence-electron chi connectivity index (χ2n) is 6.99. The van der Waals surface area contributed by atoms with Gasteiger partial charge in [-0.25, -0.2) is 0 Å². The molecule has 0 unspecified atom stereocenters. The minimum Gasteiger partial charge on any atom is -0.334 e. The molecule has 2 rings (SSSR count). The second-order valence-corrected chi connectivity index (χ2v) is 6.99. The first-order valence-electron chi connectivity index (χ1n) is 7.81. The summed E-state index contributed by atoms with van der Waals surface area (Å²) in [6.07, 6.45) is 5.78. The van der Waals surface area contributed by atoms with Gasteiger partial charge in [-0.05, 0) is 45.1 Å². The van der Waals surface area contributed by atoms with Crippen molar-refractivity contribution in [2.75, 3.05) is 0 Å². The minimum atomic E-state index is -0.120. The van der Waals surface area contributed by atoms with E-state index in [0.717, 1.165) is 13.0 Å². The van der Waals surface area contributed by atoms with Crippen LogP contribution in [0.1, 0.15) is 58.4 Å². The van der Waals surface area contributed by atoms with Gasteiger partial charge in [-0.15, -0.1) is 0 Å². The lowest BCUT2D eigenvalue weighted by molar-refractivity contribution is -0.137. The molecule has 1 aliphatic carbocycles. The Morgan fingerprint density at radius 3 is 2.30 bits per heavy atom.